The van der Waals surface area contributed by atoms with Crippen molar-refractivity contribution in [3.63, 3.8) is 0 Å². The van der Waals surface area contributed by atoms with Gasteiger partial charge in [0.05, 0.1) is 12.4 Å². The minimum Gasteiger partial charge on any atom is -0.469 e. The Morgan fingerprint density at radius 2 is 2.20 bits per heavy atom. The summed E-state index contributed by atoms with van der Waals surface area (Å²) in [6.07, 6.45) is 11.3. The summed E-state index contributed by atoms with van der Waals surface area (Å²) in [6.45, 7) is 3.98. The maximum Gasteiger partial charge on any atom is 0.105 e. The van der Waals surface area contributed by atoms with E-state index in [4.69, 9.17) is 9.15 Å². The van der Waals surface area contributed by atoms with Gasteiger partial charge in [-0.15, -0.1) is 0 Å². The van der Waals surface area contributed by atoms with Gasteiger partial charge in [0, 0.05) is 31.0 Å². The smallest absolute Gasteiger partial charge is 0.105 e. The van der Waals surface area contributed by atoms with E-state index in [-0.39, 0.29) is 0 Å². The lowest BCUT2D eigenvalue weighted by atomic mass is 9.55. The van der Waals surface area contributed by atoms with Crippen LogP contribution in [0.4, 0.5) is 0 Å². The molecule has 2 saturated carbocycles. The fraction of sp³-hybridized carbons (Fsp3) is 0.765. The molecule has 112 valence electrons. The average molecular weight is 277 g/mol. The summed E-state index contributed by atoms with van der Waals surface area (Å²) in [5, 5.41) is 3.77. The van der Waals surface area contributed by atoms with Crippen LogP contribution in [0.25, 0.3) is 0 Å². The van der Waals surface area contributed by atoms with E-state index in [0.29, 0.717) is 17.6 Å². The third-order valence-corrected chi connectivity index (χ3v) is 5.28. The molecule has 2 aliphatic rings. The minimum absolute atomic E-state index is 0.428. The number of rotatable bonds is 6. The molecular formula is C17H27NO2. The molecular weight excluding hydrogens is 250 g/mol. The van der Waals surface area contributed by atoms with Crippen molar-refractivity contribution in [3.8, 4) is 0 Å². The van der Waals surface area contributed by atoms with Crippen molar-refractivity contribution in [1.29, 1.82) is 0 Å². The van der Waals surface area contributed by atoms with Gasteiger partial charge in [-0.25, -0.2) is 0 Å². The lowest BCUT2D eigenvalue weighted by Gasteiger charge is -2.58. The predicted octanol–water partition coefficient (Wildman–Crippen LogP) is 3.54. The van der Waals surface area contributed by atoms with Gasteiger partial charge < -0.3 is 14.5 Å². The zero-order chi connectivity index (χ0) is 13.8. The summed E-state index contributed by atoms with van der Waals surface area (Å²) in [5.74, 6) is 1.08. The third-order valence-electron chi connectivity index (χ3n) is 5.28. The summed E-state index contributed by atoms with van der Waals surface area (Å²) < 4.78 is 11.4. The largest absolute Gasteiger partial charge is 0.469 e. The van der Waals surface area contributed by atoms with Gasteiger partial charge >= 0.3 is 0 Å². The molecule has 0 aliphatic heterocycles. The van der Waals surface area contributed by atoms with Gasteiger partial charge in [-0.1, -0.05) is 19.3 Å². The van der Waals surface area contributed by atoms with E-state index >= 15 is 0 Å². The second-order valence-electron chi connectivity index (χ2n) is 6.31. The molecule has 20 heavy (non-hydrogen) atoms. The van der Waals surface area contributed by atoms with Crippen LogP contribution in [0.2, 0.25) is 0 Å². The fourth-order valence-corrected chi connectivity index (χ4v) is 4.17. The number of ether oxygens (including phenoxy) is 1. The molecule has 2 atom stereocenters. The highest BCUT2D eigenvalue weighted by atomic mass is 16.5. The molecule has 0 aromatic carbocycles. The molecule has 1 heterocycles. The molecule has 1 aromatic rings. The number of hydrogen-bond acceptors (Lipinski definition) is 3. The first kappa shape index (κ1) is 14.2. The lowest BCUT2D eigenvalue weighted by molar-refractivity contribution is -0.149. The summed E-state index contributed by atoms with van der Waals surface area (Å²) >= 11 is 0. The Bertz CT molecular complexity index is 395. The molecule has 3 rings (SSSR count). The molecule has 1 aromatic heterocycles. The topological polar surface area (TPSA) is 34.4 Å². The summed E-state index contributed by atoms with van der Waals surface area (Å²) in [5.41, 5.74) is 0.428. The molecule has 0 saturated heterocycles. The van der Waals surface area contributed by atoms with Crippen molar-refractivity contribution in [2.24, 2.45) is 5.41 Å². The highest BCUT2D eigenvalue weighted by Crippen LogP contribution is 2.53. The Kier molecular flexibility index (Phi) is 4.47. The van der Waals surface area contributed by atoms with E-state index in [9.17, 15) is 0 Å². The maximum absolute atomic E-state index is 6.00. The summed E-state index contributed by atoms with van der Waals surface area (Å²) in [6, 6.07) is 4.67. The molecule has 2 aliphatic carbocycles. The Hall–Kier alpha value is -0.800. The number of hydrogen-bond donors (Lipinski definition) is 1. The first-order valence-corrected chi connectivity index (χ1v) is 8.22. The van der Waals surface area contributed by atoms with Crippen molar-refractivity contribution < 1.29 is 9.15 Å². The normalized spacial score (nSPS) is 28.4. The van der Waals surface area contributed by atoms with Crippen LogP contribution in [-0.4, -0.2) is 25.3 Å². The van der Waals surface area contributed by atoms with Crippen molar-refractivity contribution in [2.75, 3.05) is 13.2 Å². The van der Waals surface area contributed by atoms with Crippen molar-refractivity contribution >= 4 is 0 Å². The third kappa shape index (κ3) is 2.66. The van der Waals surface area contributed by atoms with Crippen LogP contribution in [0.15, 0.2) is 22.8 Å². The second kappa shape index (κ2) is 6.31. The van der Waals surface area contributed by atoms with Crippen LogP contribution in [-0.2, 0) is 11.2 Å². The van der Waals surface area contributed by atoms with Gasteiger partial charge in [-0.2, -0.15) is 0 Å². The van der Waals surface area contributed by atoms with Crippen LogP contribution in [0, 0.1) is 5.41 Å². The van der Waals surface area contributed by atoms with Gasteiger partial charge in [0.25, 0.3) is 0 Å². The Balaban J connectivity index is 1.53. The quantitative estimate of drug-likeness (QED) is 0.863. The Morgan fingerprint density at radius 3 is 2.90 bits per heavy atom. The first-order valence-electron chi connectivity index (χ1n) is 8.22. The molecule has 3 heteroatoms. The van der Waals surface area contributed by atoms with Gasteiger partial charge in [-0.05, 0) is 38.3 Å². The Labute approximate surface area is 122 Å². The minimum atomic E-state index is 0.428. The molecule has 2 fully saturated rings. The molecule has 0 bridgehead atoms. The van der Waals surface area contributed by atoms with Gasteiger partial charge in [-0.3, -0.25) is 0 Å². The second-order valence-corrected chi connectivity index (χ2v) is 6.31. The molecule has 3 nitrogen and oxygen atoms in total. The molecule has 2 unspecified atom stereocenters. The number of nitrogens with one attached hydrogen (secondary N) is 1. The van der Waals surface area contributed by atoms with E-state index < -0.39 is 0 Å². The average Bonchev–Trinajstić information content (AvgIpc) is 3.00. The van der Waals surface area contributed by atoms with Crippen LogP contribution >= 0.6 is 0 Å². The van der Waals surface area contributed by atoms with Crippen LogP contribution in [0.1, 0.15) is 51.2 Å². The SMILES string of the molecule is CCOC1CC(NCCc2ccco2)C12CCCCC2. The van der Waals surface area contributed by atoms with E-state index in [1.807, 2.05) is 6.07 Å². The molecule has 1 N–H and O–H groups in total. The van der Waals surface area contributed by atoms with Crippen molar-refractivity contribution in [2.45, 2.75) is 64.0 Å². The lowest BCUT2D eigenvalue weighted by Crippen LogP contribution is -2.64. The van der Waals surface area contributed by atoms with Gasteiger partial charge in [0.1, 0.15) is 5.76 Å². The molecule has 0 radical (unpaired) electrons. The Morgan fingerprint density at radius 1 is 1.35 bits per heavy atom. The predicted molar refractivity (Wildman–Crippen MR) is 79.8 cm³/mol. The first-order chi connectivity index (χ1) is 9.85. The van der Waals surface area contributed by atoms with Crippen LogP contribution < -0.4 is 5.32 Å². The standard InChI is InChI=1S/C17H27NO2/c1-2-19-16-13-15(17(16)9-4-3-5-10-17)18-11-8-14-7-6-12-20-14/h6-7,12,15-16,18H,2-5,8-11,13H2,1H3. The van der Waals surface area contributed by atoms with Crippen LogP contribution in [0.3, 0.4) is 0 Å². The molecule has 1 spiro atoms. The molecule has 0 amide bonds. The van der Waals surface area contributed by atoms with Gasteiger partial charge in [0.15, 0.2) is 0 Å². The highest BCUT2D eigenvalue weighted by Gasteiger charge is 2.55. The zero-order valence-corrected chi connectivity index (χ0v) is 12.6. The highest BCUT2D eigenvalue weighted by molar-refractivity contribution is 5.09. The monoisotopic (exact) mass is 277 g/mol. The fourth-order valence-electron chi connectivity index (χ4n) is 4.17. The van der Waals surface area contributed by atoms with E-state index in [1.54, 1.807) is 6.26 Å². The number of furan rings is 1. The van der Waals surface area contributed by atoms with Gasteiger partial charge in [0.2, 0.25) is 0 Å². The van der Waals surface area contributed by atoms with Crippen molar-refractivity contribution in [3.05, 3.63) is 24.2 Å². The summed E-state index contributed by atoms with van der Waals surface area (Å²) in [4.78, 5) is 0. The van der Waals surface area contributed by atoms with E-state index in [2.05, 4.69) is 18.3 Å². The van der Waals surface area contributed by atoms with E-state index in [1.165, 1.54) is 38.5 Å². The van der Waals surface area contributed by atoms with Crippen molar-refractivity contribution in [1.82, 2.24) is 5.32 Å². The summed E-state index contributed by atoms with van der Waals surface area (Å²) in [7, 11) is 0. The van der Waals surface area contributed by atoms with E-state index in [0.717, 1.165) is 25.3 Å². The van der Waals surface area contributed by atoms with Crippen LogP contribution in [0.5, 0.6) is 0 Å². The zero-order valence-electron chi connectivity index (χ0n) is 12.6. The maximum atomic E-state index is 6.00.